The van der Waals surface area contributed by atoms with E-state index in [-0.39, 0.29) is 21.4 Å². The number of nitrogens with zero attached hydrogens (tertiary/aromatic N) is 1. The van der Waals surface area contributed by atoms with Crippen LogP contribution in [0.4, 0.5) is 5.69 Å². The Balaban J connectivity index is 1.67. The molecule has 160 valence electrons. The molecule has 3 rings (SSSR count). The number of rotatable bonds is 6. The smallest absolute Gasteiger partial charge is 0.257 e. The van der Waals surface area contributed by atoms with Gasteiger partial charge in [-0.15, -0.1) is 0 Å². The first kappa shape index (κ1) is 22.6. The maximum absolute atomic E-state index is 12.6. The van der Waals surface area contributed by atoms with Crippen molar-refractivity contribution in [2.45, 2.75) is 11.3 Å². The molecule has 30 heavy (non-hydrogen) atoms. The molecule has 1 heterocycles. The van der Waals surface area contributed by atoms with E-state index in [4.69, 9.17) is 11.6 Å². The van der Waals surface area contributed by atoms with E-state index in [1.54, 1.807) is 24.3 Å². The Labute approximate surface area is 185 Å². The van der Waals surface area contributed by atoms with Crippen molar-refractivity contribution < 1.29 is 18.0 Å². The number of benzene rings is 2. The minimum atomic E-state index is -3.70. The molecular formula is C20H22ClN3O4S2. The third kappa shape index (κ3) is 5.54. The lowest BCUT2D eigenvalue weighted by molar-refractivity contribution is -0.130. The molecule has 2 amide bonds. The molecule has 0 radical (unpaired) electrons. The number of carbonyl (C=O) groups excluding carboxylic acids is 2. The molecule has 0 spiro atoms. The zero-order valence-corrected chi connectivity index (χ0v) is 18.7. The fraction of sp³-hybridized carbons (Fsp3) is 0.300. The van der Waals surface area contributed by atoms with Crippen LogP contribution in [-0.2, 0) is 21.2 Å². The van der Waals surface area contributed by atoms with Gasteiger partial charge in [-0.25, -0.2) is 13.1 Å². The van der Waals surface area contributed by atoms with Crippen molar-refractivity contribution in [1.82, 2.24) is 9.62 Å². The summed E-state index contributed by atoms with van der Waals surface area (Å²) in [5.41, 5.74) is 1.43. The average Bonchev–Trinajstić information content (AvgIpc) is 2.75. The molecule has 0 saturated carbocycles. The summed E-state index contributed by atoms with van der Waals surface area (Å²) in [6.07, 6.45) is 0.314. The van der Waals surface area contributed by atoms with Crippen molar-refractivity contribution in [1.29, 1.82) is 0 Å². The number of anilines is 1. The van der Waals surface area contributed by atoms with Crippen LogP contribution in [0.15, 0.2) is 47.4 Å². The van der Waals surface area contributed by atoms with Crippen LogP contribution in [0.25, 0.3) is 0 Å². The Bertz CT molecular complexity index is 1040. The van der Waals surface area contributed by atoms with E-state index in [0.29, 0.717) is 12.1 Å². The second-order valence-corrected chi connectivity index (χ2v) is 10.2. The topological polar surface area (TPSA) is 95.6 Å². The summed E-state index contributed by atoms with van der Waals surface area (Å²) in [4.78, 5) is 26.8. The van der Waals surface area contributed by atoms with Crippen LogP contribution in [-0.4, -0.2) is 56.8 Å². The van der Waals surface area contributed by atoms with Gasteiger partial charge in [0.25, 0.3) is 5.91 Å². The monoisotopic (exact) mass is 467 g/mol. The zero-order valence-electron chi connectivity index (χ0n) is 16.4. The van der Waals surface area contributed by atoms with E-state index in [1.165, 1.54) is 25.2 Å². The van der Waals surface area contributed by atoms with E-state index in [9.17, 15) is 18.0 Å². The normalized spacial score (nSPS) is 14.4. The molecule has 0 aromatic heterocycles. The molecular weight excluding hydrogens is 446 g/mol. The maximum Gasteiger partial charge on any atom is 0.257 e. The molecule has 1 fully saturated rings. The lowest BCUT2D eigenvalue weighted by Crippen LogP contribution is -2.38. The fourth-order valence-corrected chi connectivity index (χ4v) is 4.83. The molecule has 10 heteroatoms. The number of nitrogens with one attached hydrogen (secondary N) is 2. The highest BCUT2D eigenvalue weighted by molar-refractivity contribution is 7.99. The van der Waals surface area contributed by atoms with E-state index in [1.807, 2.05) is 16.7 Å². The number of hydrogen-bond acceptors (Lipinski definition) is 5. The third-order valence-corrected chi connectivity index (χ3v) is 7.38. The number of halogens is 1. The molecule has 0 bridgehead atoms. The standard InChI is InChI=1S/C20H22ClN3O4S2/c1-22-30(27,28)16-6-7-18(21)17(13-16)20(26)23-15-4-2-14(3-5-15)12-19(25)24-8-10-29-11-9-24/h2-7,13,22H,8-12H2,1H3,(H,23,26). The van der Waals surface area contributed by atoms with Crippen LogP contribution < -0.4 is 10.0 Å². The quantitative estimate of drug-likeness (QED) is 0.680. The van der Waals surface area contributed by atoms with E-state index in [0.717, 1.165) is 30.2 Å². The number of hydrogen-bond donors (Lipinski definition) is 2. The highest BCUT2D eigenvalue weighted by Gasteiger charge is 2.19. The van der Waals surface area contributed by atoms with Gasteiger partial charge < -0.3 is 10.2 Å². The van der Waals surface area contributed by atoms with Crippen LogP contribution in [0.5, 0.6) is 0 Å². The van der Waals surface area contributed by atoms with E-state index in [2.05, 4.69) is 10.0 Å². The van der Waals surface area contributed by atoms with Crippen LogP contribution in [0.1, 0.15) is 15.9 Å². The second kappa shape index (κ2) is 9.82. The van der Waals surface area contributed by atoms with Gasteiger partial charge in [-0.3, -0.25) is 9.59 Å². The van der Waals surface area contributed by atoms with Crippen molar-refractivity contribution in [2.24, 2.45) is 0 Å². The first-order valence-electron chi connectivity index (χ1n) is 9.29. The maximum atomic E-state index is 12.6. The largest absolute Gasteiger partial charge is 0.341 e. The highest BCUT2D eigenvalue weighted by Crippen LogP contribution is 2.22. The van der Waals surface area contributed by atoms with Gasteiger partial charge >= 0.3 is 0 Å². The minimum Gasteiger partial charge on any atom is -0.341 e. The van der Waals surface area contributed by atoms with Crippen LogP contribution >= 0.6 is 23.4 Å². The molecule has 0 aliphatic carbocycles. The minimum absolute atomic E-state index is 0.0511. The van der Waals surface area contributed by atoms with Gasteiger partial charge in [-0.05, 0) is 42.9 Å². The predicted octanol–water partition coefficient (Wildman–Crippen LogP) is 2.62. The van der Waals surface area contributed by atoms with Gasteiger partial charge in [-0.2, -0.15) is 11.8 Å². The first-order chi connectivity index (χ1) is 14.3. The Kier molecular flexibility index (Phi) is 7.41. The Morgan fingerprint density at radius 2 is 1.77 bits per heavy atom. The highest BCUT2D eigenvalue weighted by atomic mass is 35.5. The van der Waals surface area contributed by atoms with Crippen molar-refractivity contribution >= 4 is 50.9 Å². The third-order valence-electron chi connectivity index (χ3n) is 4.69. The average molecular weight is 468 g/mol. The van der Waals surface area contributed by atoms with Crippen molar-refractivity contribution in [3.8, 4) is 0 Å². The molecule has 0 unspecified atom stereocenters. The summed E-state index contributed by atoms with van der Waals surface area (Å²) in [6.45, 7) is 1.56. The fourth-order valence-electron chi connectivity index (χ4n) is 2.97. The molecule has 2 aromatic carbocycles. The van der Waals surface area contributed by atoms with Crippen LogP contribution in [0, 0.1) is 0 Å². The number of sulfonamides is 1. The summed E-state index contributed by atoms with van der Waals surface area (Å²) in [5, 5.41) is 2.85. The van der Waals surface area contributed by atoms with Gasteiger partial charge in [-0.1, -0.05) is 23.7 Å². The summed E-state index contributed by atoms with van der Waals surface area (Å²) in [5.74, 6) is 1.51. The zero-order chi connectivity index (χ0) is 21.7. The lowest BCUT2D eigenvalue weighted by Gasteiger charge is -2.26. The summed E-state index contributed by atoms with van der Waals surface area (Å²) >= 11 is 7.94. The van der Waals surface area contributed by atoms with Crippen molar-refractivity contribution in [3.05, 3.63) is 58.6 Å². The van der Waals surface area contributed by atoms with E-state index < -0.39 is 15.9 Å². The Morgan fingerprint density at radius 1 is 1.10 bits per heavy atom. The van der Waals surface area contributed by atoms with Gasteiger partial charge in [0, 0.05) is 30.3 Å². The van der Waals surface area contributed by atoms with Crippen molar-refractivity contribution in [3.63, 3.8) is 0 Å². The summed E-state index contributed by atoms with van der Waals surface area (Å²) in [7, 11) is -2.40. The molecule has 2 aromatic rings. The SMILES string of the molecule is CNS(=O)(=O)c1ccc(Cl)c(C(=O)Nc2ccc(CC(=O)N3CCSCC3)cc2)c1. The van der Waals surface area contributed by atoms with Gasteiger partial charge in [0.05, 0.1) is 21.9 Å². The van der Waals surface area contributed by atoms with Crippen molar-refractivity contribution in [2.75, 3.05) is 37.0 Å². The number of amides is 2. The predicted molar refractivity (Wildman–Crippen MR) is 120 cm³/mol. The molecule has 1 saturated heterocycles. The Hall–Kier alpha value is -2.07. The molecule has 7 nitrogen and oxygen atoms in total. The van der Waals surface area contributed by atoms with E-state index >= 15 is 0 Å². The van der Waals surface area contributed by atoms with Gasteiger partial charge in [0.1, 0.15) is 0 Å². The van der Waals surface area contributed by atoms with Gasteiger partial charge in [0.2, 0.25) is 15.9 Å². The molecule has 2 N–H and O–H groups in total. The Morgan fingerprint density at radius 3 is 2.40 bits per heavy atom. The lowest BCUT2D eigenvalue weighted by atomic mass is 10.1. The molecule has 1 aliphatic heterocycles. The van der Waals surface area contributed by atoms with Crippen LogP contribution in [0.3, 0.4) is 0 Å². The van der Waals surface area contributed by atoms with Gasteiger partial charge in [0.15, 0.2) is 0 Å². The van der Waals surface area contributed by atoms with Crippen LogP contribution in [0.2, 0.25) is 5.02 Å². The number of carbonyl (C=O) groups is 2. The molecule has 0 atom stereocenters. The number of thioether (sulfide) groups is 1. The second-order valence-electron chi connectivity index (χ2n) is 6.67. The molecule has 1 aliphatic rings. The first-order valence-corrected chi connectivity index (χ1v) is 12.3. The summed E-state index contributed by atoms with van der Waals surface area (Å²) in [6, 6.07) is 10.9. The summed E-state index contributed by atoms with van der Waals surface area (Å²) < 4.78 is 26.1.